The molecule has 2 aromatic heterocycles. The van der Waals surface area contributed by atoms with Gasteiger partial charge < -0.3 is 10.4 Å². The molecule has 3 N–H and O–H groups in total. The number of rotatable bonds is 5. The number of benzene rings is 2. The second-order valence-electron chi connectivity index (χ2n) is 6.02. The monoisotopic (exact) mass is 364 g/mol. The zero-order chi connectivity index (χ0) is 17.9. The lowest BCUT2D eigenvalue weighted by Crippen LogP contribution is -2.14. The molecule has 4 aromatic rings. The van der Waals surface area contributed by atoms with E-state index in [1.807, 2.05) is 54.6 Å². The lowest BCUT2D eigenvalue weighted by atomic mass is 10.0. The number of halogens is 1. The van der Waals surface area contributed by atoms with Crippen LogP contribution in [0.1, 0.15) is 11.6 Å². The number of pyridine rings is 1. The average Bonchev–Trinajstić information content (AvgIpc) is 3.07. The van der Waals surface area contributed by atoms with E-state index in [1.54, 1.807) is 12.4 Å². The van der Waals surface area contributed by atoms with Crippen LogP contribution in [0.15, 0.2) is 67.0 Å². The summed E-state index contributed by atoms with van der Waals surface area (Å²) in [4.78, 5) is 4.33. The van der Waals surface area contributed by atoms with E-state index in [1.165, 1.54) is 0 Å². The molecule has 0 fully saturated rings. The highest BCUT2D eigenvalue weighted by atomic mass is 35.5. The molecule has 0 aliphatic heterocycles. The Balaban J connectivity index is 1.64. The normalized spacial score (nSPS) is 12.2. The minimum Gasteiger partial charge on any atom is -0.394 e. The third-order valence-corrected chi connectivity index (χ3v) is 4.59. The SMILES string of the molecule is OCC(Nc1cncc(-c2ccc3n[nH]c(Cl)c3c2)c1)c1ccccc1. The van der Waals surface area contributed by atoms with Crippen LogP contribution in [0.25, 0.3) is 22.0 Å². The zero-order valence-electron chi connectivity index (χ0n) is 13.9. The van der Waals surface area contributed by atoms with Crippen molar-refractivity contribution in [1.29, 1.82) is 0 Å². The largest absolute Gasteiger partial charge is 0.394 e. The van der Waals surface area contributed by atoms with Crippen molar-refractivity contribution in [3.63, 3.8) is 0 Å². The first-order valence-electron chi connectivity index (χ1n) is 8.26. The van der Waals surface area contributed by atoms with Crippen LogP contribution in [0, 0.1) is 0 Å². The van der Waals surface area contributed by atoms with E-state index in [2.05, 4.69) is 20.5 Å². The molecule has 0 saturated carbocycles. The molecule has 0 radical (unpaired) electrons. The molecule has 0 saturated heterocycles. The van der Waals surface area contributed by atoms with Gasteiger partial charge >= 0.3 is 0 Å². The summed E-state index contributed by atoms with van der Waals surface area (Å²) >= 11 is 6.14. The maximum atomic E-state index is 9.74. The van der Waals surface area contributed by atoms with E-state index in [0.29, 0.717) is 5.15 Å². The summed E-state index contributed by atoms with van der Waals surface area (Å²) in [5.74, 6) is 0. The van der Waals surface area contributed by atoms with Crippen LogP contribution in [0.5, 0.6) is 0 Å². The maximum absolute atomic E-state index is 9.74. The molecule has 0 bridgehead atoms. The van der Waals surface area contributed by atoms with Gasteiger partial charge in [-0.25, -0.2) is 0 Å². The first kappa shape index (κ1) is 16.6. The summed E-state index contributed by atoms with van der Waals surface area (Å²) in [5.41, 5.74) is 4.64. The number of aromatic amines is 1. The number of H-pyrrole nitrogens is 1. The fourth-order valence-electron chi connectivity index (χ4n) is 2.96. The van der Waals surface area contributed by atoms with Crippen LogP contribution in [0.2, 0.25) is 5.15 Å². The lowest BCUT2D eigenvalue weighted by molar-refractivity contribution is 0.276. The maximum Gasteiger partial charge on any atom is 0.132 e. The predicted octanol–water partition coefficient (Wildman–Crippen LogP) is 4.42. The Morgan fingerprint density at radius 2 is 1.88 bits per heavy atom. The molecule has 6 heteroatoms. The zero-order valence-corrected chi connectivity index (χ0v) is 14.6. The van der Waals surface area contributed by atoms with Crippen LogP contribution in [0.3, 0.4) is 0 Å². The molecule has 0 aliphatic carbocycles. The lowest BCUT2D eigenvalue weighted by Gasteiger charge is -2.18. The van der Waals surface area contributed by atoms with Crippen LogP contribution in [-0.2, 0) is 0 Å². The summed E-state index contributed by atoms with van der Waals surface area (Å²) in [7, 11) is 0. The summed E-state index contributed by atoms with van der Waals surface area (Å²) in [6, 6.07) is 17.6. The third kappa shape index (κ3) is 3.27. The Kier molecular flexibility index (Phi) is 4.56. The second kappa shape index (κ2) is 7.15. The molecule has 0 spiro atoms. The number of anilines is 1. The fourth-order valence-corrected chi connectivity index (χ4v) is 3.15. The van der Waals surface area contributed by atoms with E-state index < -0.39 is 0 Å². The standard InChI is InChI=1S/C20H17ClN4O/c21-20-17-9-14(6-7-18(17)24-25-20)15-8-16(11-22-10-15)23-19(12-26)13-4-2-1-3-5-13/h1-11,19,23,26H,12H2,(H,24,25). The first-order valence-corrected chi connectivity index (χ1v) is 8.64. The molecule has 0 amide bonds. The van der Waals surface area contributed by atoms with E-state index in [9.17, 15) is 5.11 Å². The molecule has 4 rings (SSSR count). The average molecular weight is 365 g/mol. The quantitative estimate of drug-likeness (QED) is 0.490. The minimum absolute atomic E-state index is 0.00910. The number of nitrogens with zero attached hydrogens (tertiary/aromatic N) is 2. The van der Waals surface area contributed by atoms with Gasteiger partial charge in [0.25, 0.3) is 0 Å². The summed E-state index contributed by atoms with van der Waals surface area (Å²) in [6.45, 7) is -0.00910. The van der Waals surface area contributed by atoms with Crippen molar-refractivity contribution >= 4 is 28.2 Å². The first-order chi connectivity index (χ1) is 12.7. The Hall–Kier alpha value is -2.89. The van der Waals surface area contributed by atoms with E-state index in [-0.39, 0.29) is 12.6 Å². The second-order valence-corrected chi connectivity index (χ2v) is 6.40. The molecule has 130 valence electrons. The van der Waals surface area contributed by atoms with Gasteiger partial charge in [-0.3, -0.25) is 10.1 Å². The van der Waals surface area contributed by atoms with Crippen LogP contribution < -0.4 is 5.32 Å². The van der Waals surface area contributed by atoms with E-state index in [4.69, 9.17) is 11.6 Å². The fraction of sp³-hybridized carbons (Fsp3) is 0.100. The molecule has 1 atom stereocenters. The molecule has 5 nitrogen and oxygen atoms in total. The predicted molar refractivity (Wildman–Crippen MR) is 104 cm³/mol. The van der Waals surface area contributed by atoms with Gasteiger partial charge in [-0.2, -0.15) is 5.10 Å². The van der Waals surface area contributed by atoms with Crippen molar-refractivity contribution in [3.05, 3.63) is 77.7 Å². The molecule has 26 heavy (non-hydrogen) atoms. The summed E-state index contributed by atoms with van der Waals surface area (Å²) in [5, 5.41) is 21.4. The van der Waals surface area contributed by atoms with Crippen molar-refractivity contribution in [3.8, 4) is 11.1 Å². The number of nitrogens with one attached hydrogen (secondary N) is 2. The highest BCUT2D eigenvalue weighted by Crippen LogP contribution is 2.29. The molecule has 0 aliphatic rings. The van der Waals surface area contributed by atoms with Crippen LogP contribution >= 0.6 is 11.6 Å². The van der Waals surface area contributed by atoms with Gasteiger partial charge in [0.05, 0.1) is 23.9 Å². The van der Waals surface area contributed by atoms with Gasteiger partial charge in [0, 0.05) is 23.3 Å². The van der Waals surface area contributed by atoms with Crippen molar-refractivity contribution in [2.45, 2.75) is 6.04 Å². The number of fused-ring (bicyclic) bond motifs is 1. The summed E-state index contributed by atoms with van der Waals surface area (Å²) < 4.78 is 0. The number of aliphatic hydroxyl groups excluding tert-OH is 1. The van der Waals surface area contributed by atoms with Crippen LogP contribution in [-0.4, -0.2) is 26.9 Å². The van der Waals surface area contributed by atoms with Gasteiger partial charge in [0.1, 0.15) is 5.15 Å². The van der Waals surface area contributed by atoms with Crippen molar-refractivity contribution in [1.82, 2.24) is 15.2 Å². The molecule has 1 unspecified atom stereocenters. The highest BCUT2D eigenvalue weighted by Gasteiger charge is 2.11. The van der Waals surface area contributed by atoms with Gasteiger partial charge in [-0.05, 0) is 29.3 Å². The Morgan fingerprint density at radius 1 is 1.04 bits per heavy atom. The summed E-state index contributed by atoms with van der Waals surface area (Å²) in [6.07, 6.45) is 3.55. The van der Waals surface area contributed by atoms with Crippen molar-refractivity contribution in [2.75, 3.05) is 11.9 Å². The van der Waals surface area contributed by atoms with Gasteiger partial charge in [0.15, 0.2) is 0 Å². The molecular weight excluding hydrogens is 348 g/mol. The van der Waals surface area contributed by atoms with Gasteiger partial charge in [0.2, 0.25) is 0 Å². The number of aromatic nitrogens is 3. The smallest absolute Gasteiger partial charge is 0.132 e. The number of hydrogen-bond donors (Lipinski definition) is 3. The highest BCUT2D eigenvalue weighted by molar-refractivity contribution is 6.34. The molecule has 2 aromatic carbocycles. The Bertz CT molecular complexity index is 1030. The van der Waals surface area contributed by atoms with Gasteiger partial charge in [-0.1, -0.05) is 48.0 Å². The molecule has 2 heterocycles. The number of hydrogen-bond acceptors (Lipinski definition) is 4. The van der Waals surface area contributed by atoms with Crippen molar-refractivity contribution < 1.29 is 5.11 Å². The minimum atomic E-state index is -0.195. The topological polar surface area (TPSA) is 73.8 Å². The van der Waals surface area contributed by atoms with E-state index >= 15 is 0 Å². The Labute approximate surface area is 155 Å². The van der Waals surface area contributed by atoms with Gasteiger partial charge in [-0.15, -0.1) is 0 Å². The van der Waals surface area contributed by atoms with Crippen molar-refractivity contribution in [2.24, 2.45) is 0 Å². The number of aliphatic hydroxyl groups is 1. The van der Waals surface area contributed by atoms with Crippen LogP contribution in [0.4, 0.5) is 5.69 Å². The Morgan fingerprint density at radius 3 is 2.69 bits per heavy atom. The molecular formula is C20H17ClN4O. The third-order valence-electron chi connectivity index (χ3n) is 4.30. The van der Waals surface area contributed by atoms with E-state index in [0.717, 1.165) is 33.3 Å².